The smallest absolute Gasteiger partial charge is 0.307 e. The number of aromatic nitrogens is 2. The molecule has 3 rings (SSSR count). The molecule has 0 saturated carbocycles. The molecule has 2 heterocycles. The van der Waals surface area contributed by atoms with Crippen LogP contribution in [0.3, 0.4) is 0 Å². The first-order valence-electron chi connectivity index (χ1n) is 8.49. The summed E-state index contributed by atoms with van der Waals surface area (Å²) in [5.74, 6) is 0.868. The van der Waals surface area contributed by atoms with Crippen LogP contribution in [0.15, 0.2) is 33.8 Å². The van der Waals surface area contributed by atoms with Crippen molar-refractivity contribution in [3.63, 3.8) is 0 Å². The second kappa shape index (κ2) is 9.03. The van der Waals surface area contributed by atoms with Crippen molar-refractivity contribution in [3.05, 3.63) is 50.0 Å². The van der Waals surface area contributed by atoms with Gasteiger partial charge in [-0.15, -0.1) is 11.3 Å². The lowest BCUT2D eigenvalue weighted by atomic mass is 10.2. The molecule has 7 nitrogen and oxygen atoms in total. The third-order valence-corrected chi connectivity index (χ3v) is 5.89. The zero-order valence-corrected chi connectivity index (χ0v) is 17.4. The molecule has 3 aromatic rings. The Balaban J connectivity index is 1.61. The molecule has 0 aliphatic rings. The predicted octanol–water partition coefficient (Wildman–Crippen LogP) is 3.49. The number of para-hydroxylation sites is 1. The van der Waals surface area contributed by atoms with Crippen molar-refractivity contribution in [3.8, 4) is 22.1 Å². The molecule has 0 bridgehead atoms. The first-order chi connectivity index (χ1) is 13.5. The van der Waals surface area contributed by atoms with Crippen molar-refractivity contribution in [2.24, 2.45) is 0 Å². The highest BCUT2D eigenvalue weighted by Crippen LogP contribution is 2.38. The van der Waals surface area contributed by atoms with Crippen molar-refractivity contribution < 1.29 is 19.0 Å². The number of methoxy groups -OCH3 is 2. The van der Waals surface area contributed by atoms with E-state index in [1.807, 2.05) is 30.5 Å². The quantitative estimate of drug-likeness (QED) is 0.519. The number of ether oxygens (including phenoxy) is 3. The fourth-order valence-corrected chi connectivity index (χ4v) is 4.24. The lowest BCUT2D eigenvalue weighted by Crippen LogP contribution is -2.17. The molecule has 0 N–H and O–H groups in total. The number of hydrogen-bond acceptors (Lipinski definition) is 8. The Morgan fingerprint density at radius 3 is 2.68 bits per heavy atom. The molecule has 0 radical (unpaired) electrons. The van der Waals surface area contributed by atoms with Gasteiger partial charge in [0.25, 0.3) is 0 Å². The fraction of sp³-hybridized carbons (Fsp3) is 0.316. The zero-order valence-electron chi connectivity index (χ0n) is 15.8. The summed E-state index contributed by atoms with van der Waals surface area (Å²) in [7, 11) is 3.16. The van der Waals surface area contributed by atoms with Crippen LogP contribution in [-0.2, 0) is 22.7 Å². The molecule has 9 heteroatoms. The highest BCUT2D eigenvalue weighted by Gasteiger charge is 2.15. The Kier molecular flexibility index (Phi) is 6.48. The number of esters is 1. The van der Waals surface area contributed by atoms with Crippen LogP contribution in [0.5, 0.6) is 11.5 Å². The van der Waals surface area contributed by atoms with E-state index in [1.165, 1.54) is 11.3 Å². The van der Waals surface area contributed by atoms with Crippen LogP contribution in [-0.4, -0.2) is 29.7 Å². The molecule has 0 fully saturated rings. The molecule has 28 heavy (non-hydrogen) atoms. The number of hydrogen-bond donors (Lipinski definition) is 0. The van der Waals surface area contributed by atoms with Gasteiger partial charge in [-0.25, -0.2) is 4.98 Å². The van der Waals surface area contributed by atoms with Gasteiger partial charge in [0.2, 0.25) is 0 Å². The zero-order chi connectivity index (χ0) is 20.1. The Morgan fingerprint density at radius 2 is 2.00 bits per heavy atom. The average Bonchev–Trinajstić information content (AvgIpc) is 3.30. The number of thiazole rings is 2. The summed E-state index contributed by atoms with van der Waals surface area (Å²) in [6, 6.07) is 5.59. The van der Waals surface area contributed by atoms with Crippen LogP contribution < -0.4 is 14.3 Å². The molecule has 0 aliphatic heterocycles. The van der Waals surface area contributed by atoms with E-state index in [1.54, 1.807) is 24.2 Å². The number of nitrogens with zero attached hydrogens (tertiary/aromatic N) is 2. The first kappa shape index (κ1) is 20.1. The maximum absolute atomic E-state index is 12.0. The standard InChI is InChI=1S/C19H20N2O5S2/c1-12-10-28-19(23)21(12)8-7-16(22)26-9-13-11-27-18(20-13)14-5-4-6-15(24-2)17(14)25-3/h4-6,10-11H,7-9H2,1-3H3. The number of rotatable bonds is 8. The molecule has 0 saturated heterocycles. The minimum Gasteiger partial charge on any atom is -0.493 e. The van der Waals surface area contributed by atoms with Gasteiger partial charge < -0.3 is 18.8 Å². The van der Waals surface area contributed by atoms with Crippen molar-refractivity contribution >= 4 is 28.6 Å². The Morgan fingerprint density at radius 1 is 1.18 bits per heavy atom. The van der Waals surface area contributed by atoms with Gasteiger partial charge >= 0.3 is 10.8 Å². The Labute approximate surface area is 170 Å². The first-order valence-corrected chi connectivity index (χ1v) is 10.3. The molecule has 0 spiro atoms. The molecule has 0 amide bonds. The third-order valence-electron chi connectivity index (χ3n) is 4.08. The summed E-state index contributed by atoms with van der Waals surface area (Å²) in [6.45, 7) is 2.24. The van der Waals surface area contributed by atoms with Crippen molar-refractivity contribution in [1.82, 2.24) is 9.55 Å². The molecule has 0 aliphatic carbocycles. The summed E-state index contributed by atoms with van der Waals surface area (Å²) < 4.78 is 17.6. The van der Waals surface area contributed by atoms with Crippen molar-refractivity contribution in [2.75, 3.05) is 14.2 Å². The van der Waals surface area contributed by atoms with Gasteiger partial charge in [-0.3, -0.25) is 9.59 Å². The van der Waals surface area contributed by atoms with E-state index in [9.17, 15) is 9.59 Å². The Hall–Kier alpha value is -2.65. The second-order valence-corrected chi connectivity index (χ2v) is 7.57. The van der Waals surface area contributed by atoms with Crippen LogP contribution in [0.25, 0.3) is 10.6 Å². The normalized spacial score (nSPS) is 10.7. The number of benzene rings is 1. The van der Waals surface area contributed by atoms with Gasteiger partial charge in [0.1, 0.15) is 11.6 Å². The van der Waals surface area contributed by atoms with E-state index >= 15 is 0 Å². The summed E-state index contributed by atoms with van der Waals surface area (Å²) in [5.41, 5.74) is 2.32. The lowest BCUT2D eigenvalue weighted by molar-refractivity contribution is -0.145. The molecule has 2 aromatic heterocycles. The molecule has 0 atom stereocenters. The van der Waals surface area contributed by atoms with E-state index in [0.717, 1.165) is 27.6 Å². The SMILES string of the molecule is COc1cccc(-c2nc(COC(=O)CCn3c(C)csc3=O)cs2)c1OC. The highest BCUT2D eigenvalue weighted by molar-refractivity contribution is 7.13. The van der Waals surface area contributed by atoms with Crippen molar-refractivity contribution in [1.29, 1.82) is 0 Å². The monoisotopic (exact) mass is 420 g/mol. The second-order valence-electron chi connectivity index (χ2n) is 5.89. The molecular weight excluding hydrogens is 400 g/mol. The number of carbonyl (C=O) groups excluding carboxylic acids is 1. The van der Waals surface area contributed by atoms with Crippen LogP contribution in [0.4, 0.5) is 0 Å². The number of aryl methyl sites for hydroxylation is 1. The van der Waals surface area contributed by atoms with Crippen LogP contribution >= 0.6 is 22.7 Å². The minimum atomic E-state index is -0.369. The van der Waals surface area contributed by atoms with Gasteiger partial charge in [0, 0.05) is 23.0 Å². The summed E-state index contributed by atoms with van der Waals surface area (Å²) in [5, 5.41) is 4.37. The fourth-order valence-electron chi connectivity index (χ4n) is 2.66. The lowest BCUT2D eigenvalue weighted by Gasteiger charge is -2.10. The molecular formula is C19H20N2O5S2. The van der Waals surface area contributed by atoms with Crippen molar-refractivity contribution in [2.45, 2.75) is 26.5 Å². The van der Waals surface area contributed by atoms with Gasteiger partial charge in [0.05, 0.1) is 31.9 Å². The van der Waals surface area contributed by atoms with E-state index in [4.69, 9.17) is 14.2 Å². The average molecular weight is 421 g/mol. The molecule has 0 unspecified atom stereocenters. The van der Waals surface area contributed by atoms with E-state index in [-0.39, 0.29) is 23.9 Å². The van der Waals surface area contributed by atoms with Gasteiger partial charge in [0.15, 0.2) is 11.5 Å². The van der Waals surface area contributed by atoms with E-state index in [0.29, 0.717) is 23.7 Å². The third kappa shape index (κ3) is 4.42. The van der Waals surface area contributed by atoms with Gasteiger partial charge in [-0.1, -0.05) is 17.4 Å². The van der Waals surface area contributed by atoms with Crippen LogP contribution in [0.1, 0.15) is 17.8 Å². The Bertz CT molecular complexity index is 1020. The topological polar surface area (TPSA) is 79.7 Å². The van der Waals surface area contributed by atoms with E-state index < -0.39 is 0 Å². The highest BCUT2D eigenvalue weighted by atomic mass is 32.1. The molecule has 1 aromatic carbocycles. The summed E-state index contributed by atoms with van der Waals surface area (Å²) in [4.78, 5) is 28.1. The molecule has 148 valence electrons. The van der Waals surface area contributed by atoms with Gasteiger partial charge in [-0.2, -0.15) is 0 Å². The summed E-state index contributed by atoms with van der Waals surface area (Å²) >= 11 is 2.56. The van der Waals surface area contributed by atoms with Crippen LogP contribution in [0.2, 0.25) is 0 Å². The maximum atomic E-state index is 12.0. The maximum Gasteiger partial charge on any atom is 0.307 e. The minimum absolute atomic E-state index is 0.0679. The largest absolute Gasteiger partial charge is 0.493 e. The summed E-state index contributed by atoms with van der Waals surface area (Å²) in [6.07, 6.45) is 0.137. The van der Waals surface area contributed by atoms with Crippen LogP contribution in [0, 0.1) is 6.92 Å². The predicted molar refractivity (Wildman–Crippen MR) is 108 cm³/mol. The van der Waals surface area contributed by atoms with Gasteiger partial charge in [-0.05, 0) is 19.1 Å². The number of carbonyl (C=O) groups is 1. The van der Waals surface area contributed by atoms with E-state index in [2.05, 4.69) is 4.98 Å².